The summed E-state index contributed by atoms with van der Waals surface area (Å²) in [5.41, 5.74) is 3.11. The smallest absolute Gasteiger partial charge is 0.241 e. The van der Waals surface area contributed by atoms with Gasteiger partial charge in [-0.2, -0.15) is 0 Å². The molecule has 0 saturated heterocycles. The topological polar surface area (TPSA) is 41.6 Å². The average Bonchev–Trinajstić information content (AvgIpc) is 2.56. The number of aryl methyl sites for hydroxylation is 1. The molecular formula is C19H24N2O2. The zero-order chi connectivity index (χ0) is 16.8. The van der Waals surface area contributed by atoms with Crippen molar-refractivity contribution in [2.75, 3.05) is 19.5 Å². The Morgan fingerprint density at radius 3 is 2.48 bits per heavy atom. The summed E-state index contributed by atoms with van der Waals surface area (Å²) in [6.07, 6.45) is 0. The molecule has 1 N–H and O–H groups in total. The van der Waals surface area contributed by atoms with Crippen molar-refractivity contribution < 1.29 is 9.53 Å². The number of carbonyl (C=O) groups is 1. The number of amides is 1. The third-order valence-electron chi connectivity index (χ3n) is 3.96. The van der Waals surface area contributed by atoms with Crippen LogP contribution in [-0.2, 0) is 11.3 Å². The SMILES string of the molecule is COc1ccccc1NC(=O)[C@@H](C)N(C)Cc1ccc(C)cc1. The summed E-state index contributed by atoms with van der Waals surface area (Å²) < 4.78 is 5.26. The molecule has 0 spiro atoms. The Morgan fingerprint density at radius 2 is 1.83 bits per heavy atom. The summed E-state index contributed by atoms with van der Waals surface area (Å²) in [6.45, 7) is 4.69. The van der Waals surface area contributed by atoms with Gasteiger partial charge in [-0.25, -0.2) is 0 Å². The Hall–Kier alpha value is -2.33. The molecule has 23 heavy (non-hydrogen) atoms. The van der Waals surface area contributed by atoms with Crippen molar-refractivity contribution >= 4 is 11.6 Å². The van der Waals surface area contributed by atoms with Crippen LogP contribution in [0, 0.1) is 6.92 Å². The van der Waals surface area contributed by atoms with Gasteiger partial charge in [0, 0.05) is 6.54 Å². The van der Waals surface area contributed by atoms with Crippen LogP contribution in [0.4, 0.5) is 5.69 Å². The summed E-state index contributed by atoms with van der Waals surface area (Å²) in [5, 5.41) is 2.93. The largest absolute Gasteiger partial charge is 0.495 e. The highest BCUT2D eigenvalue weighted by atomic mass is 16.5. The van der Waals surface area contributed by atoms with E-state index >= 15 is 0 Å². The van der Waals surface area contributed by atoms with E-state index in [4.69, 9.17) is 4.74 Å². The van der Waals surface area contributed by atoms with E-state index in [1.807, 2.05) is 43.1 Å². The normalized spacial score (nSPS) is 12.0. The number of benzene rings is 2. The van der Waals surface area contributed by atoms with E-state index in [0.717, 1.165) is 6.54 Å². The Bertz CT molecular complexity index is 653. The molecule has 0 bridgehead atoms. The molecular weight excluding hydrogens is 288 g/mol. The summed E-state index contributed by atoms with van der Waals surface area (Å²) in [5.74, 6) is 0.610. The number of hydrogen-bond donors (Lipinski definition) is 1. The highest BCUT2D eigenvalue weighted by Gasteiger charge is 2.19. The Kier molecular flexibility index (Phi) is 5.77. The quantitative estimate of drug-likeness (QED) is 0.888. The number of methoxy groups -OCH3 is 1. The first-order chi connectivity index (χ1) is 11.0. The number of nitrogens with one attached hydrogen (secondary N) is 1. The molecule has 4 heteroatoms. The number of likely N-dealkylation sites (N-methyl/N-ethyl adjacent to an activating group) is 1. The minimum absolute atomic E-state index is 0.0517. The second kappa shape index (κ2) is 7.79. The van der Waals surface area contributed by atoms with Crippen LogP contribution >= 0.6 is 0 Å². The first-order valence-corrected chi connectivity index (χ1v) is 7.71. The average molecular weight is 312 g/mol. The van der Waals surface area contributed by atoms with Gasteiger partial charge >= 0.3 is 0 Å². The van der Waals surface area contributed by atoms with Gasteiger partial charge in [-0.3, -0.25) is 9.69 Å². The van der Waals surface area contributed by atoms with E-state index in [1.54, 1.807) is 7.11 Å². The van der Waals surface area contributed by atoms with E-state index in [2.05, 4.69) is 36.5 Å². The molecule has 0 aliphatic carbocycles. The summed E-state index contributed by atoms with van der Waals surface area (Å²) in [7, 11) is 3.55. The maximum atomic E-state index is 12.5. The van der Waals surface area contributed by atoms with Crippen LogP contribution in [0.5, 0.6) is 5.75 Å². The van der Waals surface area contributed by atoms with E-state index in [9.17, 15) is 4.79 Å². The lowest BCUT2D eigenvalue weighted by molar-refractivity contribution is -0.120. The van der Waals surface area contributed by atoms with Crippen LogP contribution in [0.3, 0.4) is 0 Å². The second-order valence-corrected chi connectivity index (χ2v) is 5.77. The van der Waals surface area contributed by atoms with Gasteiger partial charge in [-0.05, 0) is 38.6 Å². The monoisotopic (exact) mass is 312 g/mol. The molecule has 1 atom stereocenters. The van der Waals surface area contributed by atoms with Crippen molar-refractivity contribution in [3.63, 3.8) is 0 Å². The van der Waals surface area contributed by atoms with Crippen molar-refractivity contribution in [3.05, 3.63) is 59.7 Å². The van der Waals surface area contributed by atoms with Crippen LogP contribution < -0.4 is 10.1 Å². The number of para-hydroxylation sites is 2. The van der Waals surface area contributed by atoms with Gasteiger partial charge in [0.15, 0.2) is 0 Å². The van der Waals surface area contributed by atoms with E-state index in [0.29, 0.717) is 11.4 Å². The first kappa shape index (κ1) is 17.0. The molecule has 122 valence electrons. The molecule has 0 radical (unpaired) electrons. The van der Waals surface area contributed by atoms with Gasteiger partial charge in [-0.1, -0.05) is 42.0 Å². The minimum atomic E-state index is -0.249. The molecule has 0 fully saturated rings. The molecule has 2 aromatic carbocycles. The Labute approximate surface area is 138 Å². The van der Waals surface area contributed by atoms with Gasteiger partial charge < -0.3 is 10.1 Å². The Balaban J connectivity index is 1.99. The maximum Gasteiger partial charge on any atom is 0.241 e. The molecule has 0 unspecified atom stereocenters. The predicted molar refractivity (Wildman–Crippen MR) is 93.7 cm³/mol. The lowest BCUT2D eigenvalue weighted by atomic mass is 10.1. The second-order valence-electron chi connectivity index (χ2n) is 5.77. The molecule has 2 aromatic rings. The van der Waals surface area contributed by atoms with Crippen LogP contribution in [0.1, 0.15) is 18.1 Å². The zero-order valence-corrected chi connectivity index (χ0v) is 14.2. The number of hydrogen-bond acceptors (Lipinski definition) is 3. The maximum absolute atomic E-state index is 12.5. The van der Waals surface area contributed by atoms with Crippen molar-refractivity contribution in [1.82, 2.24) is 4.90 Å². The van der Waals surface area contributed by atoms with Gasteiger partial charge in [0.25, 0.3) is 0 Å². The van der Waals surface area contributed by atoms with E-state index < -0.39 is 0 Å². The molecule has 4 nitrogen and oxygen atoms in total. The number of anilines is 1. The summed E-state index contributed by atoms with van der Waals surface area (Å²) >= 11 is 0. The van der Waals surface area contributed by atoms with Crippen LogP contribution in [0.2, 0.25) is 0 Å². The first-order valence-electron chi connectivity index (χ1n) is 7.71. The highest BCUT2D eigenvalue weighted by Crippen LogP contribution is 2.23. The zero-order valence-electron chi connectivity index (χ0n) is 14.2. The highest BCUT2D eigenvalue weighted by molar-refractivity contribution is 5.95. The van der Waals surface area contributed by atoms with Crippen molar-refractivity contribution in [3.8, 4) is 5.75 Å². The van der Waals surface area contributed by atoms with E-state index in [-0.39, 0.29) is 11.9 Å². The van der Waals surface area contributed by atoms with Gasteiger partial charge in [0.05, 0.1) is 18.8 Å². The molecule has 0 aromatic heterocycles. The molecule has 0 saturated carbocycles. The van der Waals surface area contributed by atoms with Crippen molar-refractivity contribution in [2.45, 2.75) is 26.4 Å². The van der Waals surface area contributed by atoms with E-state index in [1.165, 1.54) is 11.1 Å². The molecule has 1 amide bonds. The predicted octanol–water partition coefficient (Wildman–Crippen LogP) is 3.46. The van der Waals surface area contributed by atoms with Gasteiger partial charge in [-0.15, -0.1) is 0 Å². The molecule has 0 aliphatic heterocycles. The van der Waals surface area contributed by atoms with Crippen molar-refractivity contribution in [2.24, 2.45) is 0 Å². The fraction of sp³-hybridized carbons (Fsp3) is 0.316. The number of ether oxygens (including phenoxy) is 1. The molecule has 0 heterocycles. The Morgan fingerprint density at radius 1 is 1.17 bits per heavy atom. The fourth-order valence-electron chi connectivity index (χ4n) is 2.30. The molecule has 2 rings (SSSR count). The van der Waals surface area contributed by atoms with Crippen LogP contribution in [0.15, 0.2) is 48.5 Å². The van der Waals surface area contributed by atoms with Crippen molar-refractivity contribution in [1.29, 1.82) is 0 Å². The number of nitrogens with zero attached hydrogens (tertiary/aromatic N) is 1. The lowest BCUT2D eigenvalue weighted by Crippen LogP contribution is -2.39. The third-order valence-corrected chi connectivity index (χ3v) is 3.96. The number of rotatable bonds is 6. The lowest BCUT2D eigenvalue weighted by Gasteiger charge is -2.24. The molecule has 0 aliphatic rings. The minimum Gasteiger partial charge on any atom is -0.495 e. The van der Waals surface area contributed by atoms with Crippen LogP contribution in [0.25, 0.3) is 0 Å². The van der Waals surface area contributed by atoms with Gasteiger partial charge in [0.2, 0.25) is 5.91 Å². The summed E-state index contributed by atoms with van der Waals surface area (Å²) in [4.78, 5) is 14.5. The number of carbonyl (C=O) groups excluding carboxylic acids is 1. The summed E-state index contributed by atoms with van der Waals surface area (Å²) in [6, 6.07) is 15.5. The van der Waals surface area contributed by atoms with Crippen LogP contribution in [-0.4, -0.2) is 31.0 Å². The standard InChI is InChI=1S/C19H24N2O2/c1-14-9-11-16(12-10-14)13-21(3)15(2)19(22)20-17-7-5-6-8-18(17)23-4/h5-12,15H,13H2,1-4H3,(H,20,22)/t15-/m1/s1. The fourth-order valence-corrected chi connectivity index (χ4v) is 2.30. The third kappa shape index (κ3) is 4.57. The van der Waals surface area contributed by atoms with Gasteiger partial charge in [0.1, 0.15) is 5.75 Å².